The smallest absolute Gasteiger partial charge is 0.0306 e. The van der Waals surface area contributed by atoms with Crippen LogP contribution in [0.3, 0.4) is 0 Å². The van der Waals surface area contributed by atoms with E-state index >= 15 is 0 Å². The van der Waals surface area contributed by atoms with E-state index in [1.807, 2.05) is 0 Å². The Kier molecular flexibility index (Phi) is 4.81. The van der Waals surface area contributed by atoms with Crippen LogP contribution >= 0.6 is 15.9 Å². The molecule has 0 aliphatic heterocycles. The van der Waals surface area contributed by atoms with E-state index in [2.05, 4.69) is 54.9 Å². The Morgan fingerprint density at radius 3 is 2.53 bits per heavy atom. The molecule has 84 valence electrons. The third kappa shape index (κ3) is 3.62. The van der Waals surface area contributed by atoms with E-state index in [1.54, 1.807) is 0 Å². The fraction of sp³-hybridized carbons (Fsp3) is 0.538. The van der Waals surface area contributed by atoms with Crippen molar-refractivity contribution in [2.24, 2.45) is 11.7 Å². The van der Waals surface area contributed by atoms with Crippen LogP contribution in [-0.2, 0) is 0 Å². The van der Waals surface area contributed by atoms with Gasteiger partial charge in [-0.25, -0.2) is 0 Å². The number of benzene rings is 1. The van der Waals surface area contributed by atoms with Crippen LogP contribution in [0.1, 0.15) is 43.9 Å². The maximum absolute atomic E-state index is 6.18. The molecule has 2 N–H and O–H groups in total. The number of aryl methyl sites for hydroxylation is 1. The van der Waals surface area contributed by atoms with E-state index in [-0.39, 0.29) is 6.04 Å². The molecule has 15 heavy (non-hydrogen) atoms. The molecule has 0 fully saturated rings. The summed E-state index contributed by atoms with van der Waals surface area (Å²) < 4.78 is 1.17. The van der Waals surface area contributed by atoms with Crippen LogP contribution in [0, 0.1) is 12.8 Å². The molecule has 1 unspecified atom stereocenters. The number of nitrogens with two attached hydrogens (primary N) is 1. The minimum atomic E-state index is 0.154. The lowest BCUT2D eigenvalue weighted by atomic mass is 9.97. The van der Waals surface area contributed by atoms with E-state index in [1.165, 1.54) is 22.0 Å². The fourth-order valence-electron chi connectivity index (χ4n) is 1.62. The molecule has 0 aliphatic rings. The van der Waals surface area contributed by atoms with Gasteiger partial charge in [-0.15, -0.1) is 0 Å². The van der Waals surface area contributed by atoms with Crippen molar-refractivity contribution in [3.63, 3.8) is 0 Å². The van der Waals surface area contributed by atoms with Crippen LogP contribution in [0.25, 0.3) is 0 Å². The Morgan fingerprint density at radius 2 is 1.93 bits per heavy atom. The average Bonchev–Trinajstić information content (AvgIpc) is 2.18. The van der Waals surface area contributed by atoms with Gasteiger partial charge in [-0.1, -0.05) is 48.0 Å². The molecule has 1 aromatic carbocycles. The highest BCUT2D eigenvalue weighted by molar-refractivity contribution is 9.10. The van der Waals surface area contributed by atoms with Gasteiger partial charge in [0, 0.05) is 10.5 Å². The number of hydrogen-bond acceptors (Lipinski definition) is 1. The summed E-state index contributed by atoms with van der Waals surface area (Å²) in [6, 6.07) is 6.44. The first-order valence-corrected chi connectivity index (χ1v) is 6.32. The van der Waals surface area contributed by atoms with Crippen molar-refractivity contribution >= 4 is 15.9 Å². The first kappa shape index (κ1) is 12.7. The third-order valence-corrected chi connectivity index (χ3v) is 3.76. The zero-order valence-electron chi connectivity index (χ0n) is 9.76. The molecule has 0 saturated carbocycles. The predicted octanol–water partition coefficient (Wildman–Crippen LogP) is 4.19. The van der Waals surface area contributed by atoms with Crippen molar-refractivity contribution in [2.75, 3.05) is 0 Å². The lowest BCUT2D eigenvalue weighted by molar-refractivity contribution is 0.506. The molecule has 0 amide bonds. The lowest BCUT2D eigenvalue weighted by Crippen LogP contribution is -2.12. The van der Waals surface area contributed by atoms with Crippen LogP contribution in [-0.4, -0.2) is 0 Å². The second kappa shape index (κ2) is 5.66. The fourth-order valence-corrected chi connectivity index (χ4v) is 2.18. The van der Waals surface area contributed by atoms with E-state index < -0.39 is 0 Å². The SMILES string of the molecule is Cc1cccc(C(N)CCC(C)C)c1Br. The minimum absolute atomic E-state index is 0.154. The summed E-state index contributed by atoms with van der Waals surface area (Å²) in [5.41, 5.74) is 8.67. The summed E-state index contributed by atoms with van der Waals surface area (Å²) in [6.07, 6.45) is 2.24. The molecular weight excluding hydrogens is 250 g/mol. The third-order valence-electron chi connectivity index (χ3n) is 2.68. The molecule has 2 heteroatoms. The molecule has 1 aromatic rings. The predicted molar refractivity (Wildman–Crippen MR) is 69.9 cm³/mol. The Labute approximate surface area is 101 Å². The van der Waals surface area contributed by atoms with Gasteiger partial charge in [-0.3, -0.25) is 0 Å². The number of halogens is 1. The Balaban J connectivity index is 2.73. The largest absolute Gasteiger partial charge is 0.324 e. The Morgan fingerprint density at radius 1 is 1.27 bits per heavy atom. The zero-order chi connectivity index (χ0) is 11.4. The minimum Gasteiger partial charge on any atom is -0.324 e. The van der Waals surface area contributed by atoms with Crippen molar-refractivity contribution in [3.8, 4) is 0 Å². The highest BCUT2D eigenvalue weighted by atomic mass is 79.9. The quantitative estimate of drug-likeness (QED) is 0.872. The monoisotopic (exact) mass is 269 g/mol. The molecule has 0 spiro atoms. The van der Waals surface area contributed by atoms with Crippen LogP contribution in [0.5, 0.6) is 0 Å². The van der Waals surface area contributed by atoms with Crippen molar-refractivity contribution < 1.29 is 0 Å². The molecule has 1 nitrogen and oxygen atoms in total. The maximum Gasteiger partial charge on any atom is 0.0306 e. The maximum atomic E-state index is 6.18. The van der Waals surface area contributed by atoms with Crippen LogP contribution in [0.4, 0.5) is 0 Å². The van der Waals surface area contributed by atoms with E-state index in [9.17, 15) is 0 Å². The number of rotatable bonds is 4. The first-order valence-electron chi connectivity index (χ1n) is 5.53. The molecule has 1 atom stereocenters. The summed E-state index contributed by atoms with van der Waals surface area (Å²) in [6.45, 7) is 6.57. The average molecular weight is 270 g/mol. The Hall–Kier alpha value is -0.340. The lowest BCUT2D eigenvalue weighted by Gasteiger charge is -2.16. The van der Waals surface area contributed by atoms with Crippen LogP contribution in [0.15, 0.2) is 22.7 Å². The summed E-state index contributed by atoms with van der Waals surface area (Å²) in [7, 11) is 0. The van der Waals surface area contributed by atoms with E-state index in [0.717, 1.165) is 12.3 Å². The summed E-state index contributed by atoms with van der Waals surface area (Å²) in [4.78, 5) is 0. The van der Waals surface area contributed by atoms with Gasteiger partial charge in [-0.05, 0) is 36.8 Å². The van der Waals surface area contributed by atoms with Gasteiger partial charge in [0.05, 0.1) is 0 Å². The summed E-state index contributed by atoms with van der Waals surface area (Å²) >= 11 is 3.61. The highest BCUT2D eigenvalue weighted by Crippen LogP contribution is 2.28. The van der Waals surface area contributed by atoms with Gasteiger partial charge in [0.1, 0.15) is 0 Å². The highest BCUT2D eigenvalue weighted by Gasteiger charge is 2.11. The first-order chi connectivity index (χ1) is 7.02. The van der Waals surface area contributed by atoms with Gasteiger partial charge < -0.3 is 5.73 Å². The Bertz CT molecular complexity index is 320. The molecular formula is C13H20BrN. The van der Waals surface area contributed by atoms with Crippen LogP contribution in [0.2, 0.25) is 0 Å². The van der Waals surface area contributed by atoms with E-state index in [0.29, 0.717) is 0 Å². The molecule has 0 aliphatic carbocycles. The standard InChI is InChI=1S/C13H20BrN/c1-9(2)7-8-12(15)11-6-4-5-10(3)13(11)14/h4-6,9,12H,7-8,15H2,1-3H3. The summed E-state index contributed by atoms with van der Waals surface area (Å²) in [5, 5.41) is 0. The van der Waals surface area contributed by atoms with E-state index in [4.69, 9.17) is 5.73 Å². The normalized spacial score (nSPS) is 13.2. The second-order valence-electron chi connectivity index (χ2n) is 4.56. The van der Waals surface area contributed by atoms with Crippen molar-refractivity contribution in [2.45, 2.75) is 39.7 Å². The molecule has 0 heterocycles. The van der Waals surface area contributed by atoms with Gasteiger partial charge in [0.2, 0.25) is 0 Å². The van der Waals surface area contributed by atoms with Crippen molar-refractivity contribution in [3.05, 3.63) is 33.8 Å². The molecule has 0 radical (unpaired) electrons. The molecule has 1 rings (SSSR count). The van der Waals surface area contributed by atoms with Gasteiger partial charge in [-0.2, -0.15) is 0 Å². The topological polar surface area (TPSA) is 26.0 Å². The van der Waals surface area contributed by atoms with Gasteiger partial charge in [0.25, 0.3) is 0 Å². The van der Waals surface area contributed by atoms with Crippen molar-refractivity contribution in [1.82, 2.24) is 0 Å². The molecule has 0 saturated heterocycles. The second-order valence-corrected chi connectivity index (χ2v) is 5.35. The molecule has 0 aromatic heterocycles. The van der Waals surface area contributed by atoms with Crippen molar-refractivity contribution in [1.29, 1.82) is 0 Å². The van der Waals surface area contributed by atoms with Gasteiger partial charge >= 0.3 is 0 Å². The van der Waals surface area contributed by atoms with Gasteiger partial charge in [0.15, 0.2) is 0 Å². The molecule has 0 bridgehead atoms. The zero-order valence-corrected chi connectivity index (χ0v) is 11.3. The van der Waals surface area contributed by atoms with Crippen LogP contribution < -0.4 is 5.73 Å². The number of hydrogen-bond donors (Lipinski definition) is 1. The summed E-state index contributed by atoms with van der Waals surface area (Å²) in [5.74, 6) is 0.722.